The van der Waals surface area contributed by atoms with Crippen molar-refractivity contribution in [2.75, 3.05) is 5.43 Å². The van der Waals surface area contributed by atoms with E-state index in [0.717, 1.165) is 10.8 Å². The Morgan fingerprint density at radius 2 is 1.93 bits per heavy atom. The number of carbonyl (C=O) groups is 1. The van der Waals surface area contributed by atoms with E-state index in [4.69, 9.17) is 5.73 Å². The molecule has 1 heterocycles. The summed E-state index contributed by atoms with van der Waals surface area (Å²) in [5.74, 6) is 0. The number of fused-ring (bicyclic) bond motifs is 1. The van der Waals surface area contributed by atoms with E-state index < -0.39 is 6.03 Å². The Labute approximate surface area is 80.9 Å². The van der Waals surface area contributed by atoms with Gasteiger partial charge in [-0.2, -0.15) is 0 Å². The van der Waals surface area contributed by atoms with Crippen LogP contribution in [0.15, 0.2) is 42.7 Å². The summed E-state index contributed by atoms with van der Waals surface area (Å²) >= 11 is 0. The number of hydrogen-bond acceptors (Lipinski definition) is 1. The van der Waals surface area contributed by atoms with E-state index in [2.05, 4.69) is 5.43 Å². The highest BCUT2D eigenvalue weighted by Crippen LogP contribution is 2.08. The molecule has 0 saturated heterocycles. The number of pyridine rings is 1. The summed E-state index contributed by atoms with van der Waals surface area (Å²) in [5.41, 5.74) is 7.45. The van der Waals surface area contributed by atoms with E-state index in [1.54, 1.807) is 12.4 Å². The van der Waals surface area contributed by atoms with Crippen LogP contribution < -0.4 is 15.8 Å². The highest BCUT2D eigenvalue weighted by Gasteiger charge is 2.03. The van der Waals surface area contributed by atoms with Crippen molar-refractivity contribution in [3.05, 3.63) is 42.7 Å². The largest absolute Gasteiger partial charge is 0.365 e. The Balaban J connectivity index is 2.46. The summed E-state index contributed by atoms with van der Waals surface area (Å²) in [6, 6.07) is 9.21. The van der Waals surface area contributed by atoms with Crippen LogP contribution in [0.4, 0.5) is 4.79 Å². The second-order valence-corrected chi connectivity index (χ2v) is 2.96. The fourth-order valence-electron chi connectivity index (χ4n) is 1.33. The molecule has 2 aromatic rings. The molecule has 1 aromatic carbocycles. The molecule has 70 valence electrons. The number of hydrogen-bond donors (Lipinski definition) is 2. The van der Waals surface area contributed by atoms with Gasteiger partial charge in [0.15, 0.2) is 0 Å². The van der Waals surface area contributed by atoms with Crippen LogP contribution in [-0.4, -0.2) is 6.03 Å². The first-order valence-corrected chi connectivity index (χ1v) is 4.22. The molecule has 1 aromatic heterocycles. The summed E-state index contributed by atoms with van der Waals surface area (Å²) in [4.78, 5) is 10.6. The Morgan fingerprint density at radius 1 is 1.21 bits per heavy atom. The Morgan fingerprint density at radius 3 is 2.64 bits per heavy atom. The van der Waals surface area contributed by atoms with Gasteiger partial charge in [-0.15, -0.1) is 5.43 Å². The Hall–Kier alpha value is -2.10. The van der Waals surface area contributed by atoms with Crippen LogP contribution in [0.25, 0.3) is 10.8 Å². The number of benzene rings is 1. The van der Waals surface area contributed by atoms with Crippen molar-refractivity contribution < 1.29 is 9.47 Å². The second-order valence-electron chi connectivity index (χ2n) is 2.96. The van der Waals surface area contributed by atoms with E-state index >= 15 is 0 Å². The molecule has 4 nitrogen and oxygen atoms in total. The van der Waals surface area contributed by atoms with Crippen LogP contribution >= 0.6 is 0 Å². The number of nitrogens with two attached hydrogens (primary N) is 1. The first kappa shape index (κ1) is 8.50. The standard InChI is InChI=1S/C10H9N3O/c11-10(14)12-13-6-5-8-3-1-2-4-9(8)7-13/h1-7H,(H2-,11,12,14)/p+1. The quantitative estimate of drug-likeness (QED) is 0.637. The maximum atomic E-state index is 10.6. The molecule has 0 aliphatic rings. The van der Waals surface area contributed by atoms with E-state index in [1.165, 1.54) is 4.68 Å². The van der Waals surface area contributed by atoms with Gasteiger partial charge in [0, 0.05) is 11.5 Å². The molecule has 0 saturated carbocycles. The van der Waals surface area contributed by atoms with Gasteiger partial charge in [-0.25, -0.2) is 4.79 Å². The number of primary amides is 1. The van der Waals surface area contributed by atoms with Crippen molar-refractivity contribution in [1.29, 1.82) is 0 Å². The molecule has 0 fully saturated rings. The Bertz CT molecular complexity index is 482. The Kier molecular flexibility index (Phi) is 2.02. The first-order valence-electron chi connectivity index (χ1n) is 4.22. The summed E-state index contributed by atoms with van der Waals surface area (Å²) in [7, 11) is 0. The molecule has 2 rings (SSSR count). The molecule has 0 atom stereocenters. The highest BCUT2D eigenvalue weighted by atomic mass is 16.2. The minimum absolute atomic E-state index is 0.578. The van der Waals surface area contributed by atoms with Gasteiger partial charge in [0.05, 0.1) is 0 Å². The molecule has 0 aliphatic carbocycles. The van der Waals surface area contributed by atoms with Gasteiger partial charge in [-0.3, -0.25) is 0 Å². The zero-order valence-electron chi connectivity index (χ0n) is 7.47. The van der Waals surface area contributed by atoms with E-state index in [-0.39, 0.29) is 0 Å². The lowest BCUT2D eigenvalue weighted by Crippen LogP contribution is -2.49. The molecule has 0 radical (unpaired) electrons. The van der Waals surface area contributed by atoms with Gasteiger partial charge < -0.3 is 5.73 Å². The average molecular weight is 188 g/mol. The van der Waals surface area contributed by atoms with E-state index in [1.807, 2.05) is 30.3 Å². The summed E-state index contributed by atoms with van der Waals surface area (Å²) < 4.78 is 1.53. The fourth-order valence-corrected chi connectivity index (χ4v) is 1.33. The third kappa shape index (κ3) is 1.64. The second kappa shape index (κ2) is 3.33. The fraction of sp³-hybridized carbons (Fsp3) is 0. The molecule has 0 bridgehead atoms. The van der Waals surface area contributed by atoms with Gasteiger partial charge in [-0.05, 0) is 11.5 Å². The third-order valence-corrected chi connectivity index (χ3v) is 1.93. The molecule has 0 unspecified atom stereocenters. The van der Waals surface area contributed by atoms with Crippen molar-refractivity contribution in [3.63, 3.8) is 0 Å². The summed E-state index contributed by atoms with van der Waals surface area (Å²) in [6.45, 7) is 0. The number of nitrogens with one attached hydrogen (secondary N) is 1. The lowest BCUT2D eigenvalue weighted by Gasteiger charge is -1.96. The van der Waals surface area contributed by atoms with Crippen LogP contribution in [-0.2, 0) is 0 Å². The monoisotopic (exact) mass is 188 g/mol. The summed E-state index contributed by atoms with van der Waals surface area (Å²) in [5, 5.41) is 2.17. The maximum absolute atomic E-state index is 10.6. The normalized spacial score (nSPS) is 10.0. The molecule has 2 amide bonds. The molecule has 0 spiro atoms. The van der Waals surface area contributed by atoms with Gasteiger partial charge in [0.1, 0.15) is 0 Å². The smallest absolute Gasteiger partial charge is 0.347 e. The minimum atomic E-state index is -0.578. The number of nitrogens with zero attached hydrogens (tertiary/aromatic N) is 1. The van der Waals surface area contributed by atoms with E-state index in [9.17, 15) is 4.79 Å². The van der Waals surface area contributed by atoms with Gasteiger partial charge in [0.2, 0.25) is 12.4 Å². The minimum Gasteiger partial charge on any atom is -0.347 e. The maximum Gasteiger partial charge on any atom is 0.365 e. The van der Waals surface area contributed by atoms with Crippen molar-refractivity contribution in [2.45, 2.75) is 0 Å². The molecule has 3 N–H and O–H groups in total. The molecular weight excluding hydrogens is 178 g/mol. The summed E-state index contributed by atoms with van der Waals surface area (Å²) in [6.07, 6.45) is 3.55. The first-order chi connectivity index (χ1) is 6.75. The number of aromatic nitrogens is 1. The van der Waals surface area contributed by atoms with Crippen LogP contribution in [0.5, 0.6) is 0 Å². The molecule has 4 heteroatoms. The van der Waals surface area contributed by atoms with Crippen molar-refractivity contribution in [3.8, 4) is 0 Å². The van der Waals surface area contributed by atoms with Gasteiger partial charge in [-0.1, -0.05) is 22.9 Å². The van der Waals surface area contributed by atoms with Crippen LogP contribution in [0, 0.1) is 0 Å². The zero-order chi connectivity index (χ0) is 9.97. The van der Waals surface area contributed by atoms with Crippen molar-refractivity contribution in [2.24, 2.45) is 5.73 Å². The number of urea groups is 1. The predicted octanol–water partition coefficient (Wildman–Crippen LogP) is 0.750. The van der Waals surface area contributed by atoms with Gasteiger partial charge >= 0.3 is 6.03 Å². The predicted molar refractivity (Wildman–Crippen MR) is 53.1 cm³/mol. The lowest BCUT2D eigenvalue weighted by atomic mass is 10.2. The number of rotatable bonds is 1. The van der Waals surface area contributed by atoms with E-state index in [0.29, 0.717) is 0 Å². The molecule has 0 aliphatic heterocycles. The van der Waals surface area contributed by atoms with Crippen LogP contribution in [0.2, 0.25) is 0 Å². The number of carbonyl (C=O) groups excluding carboxylic acids is 1. The highest BCUT2D eigenvalue weighted by molar-refractivity contribution is 5.81. The zero-order valence-corrected chi connectivity index (χ0v) is 7.47. The van der Waals surface area contributed by atoms with Crippen molar-refractivity contribution >= 4 is 16.8 Å². The number of amides is 2. The molecule has 14 heavy (non-hydrogen) atoms. The topological polar surface area (TPSA) is 59.0 Å². The average Bonchev–Trinajstić information content (AvgIpc) is 2.17. The third-order valence-electron chi connectivity index (χ3n) is 1.93. The lowest BCUT2D eigenvalue weighted by molar-refractivity contribution is -0.639. The van der Waals surface area contributed by atoms with Crippen molar-refractivity contribution in [1.82, 2.24) is 0 Å². The van der Waals surface area contributed by atoms with Gasteiger partial charge in [0.25, 0.3) is 0 Å². The van der Waals surface area contributed by atoms with Crippen LogP contribution in [0.3, 0.4) is 0 Å². The molecular formula is C10H10N3O+. The SMILES string of the molecule is NC(=O)N[n+]1ccc2ccccc2c1. The van der Waals surface area contributed by atoms with Crippen LogP contribution in [0.1, 0.15) is 0 Å².